The van der Waals surface area contributed by atoms with E-state index in [0.29, 0.717) is 95.3 Å². The molecule has 11 heterocycles. The van der Waals surface area contributed by atoms with Crippen molar-refractivity contribution < 1.29 is 23.0 Å². The highest BCUT2D eigenvalue weighted by molar-refractivity contribution is 5.94. The third kappa shape index (κ3) is 6.76. The number of hydrogen-bond acceptors (Lipinski definition) is 12. The highest BCUT2D eigenvalue weighted by atomic mass is 19.1. The van der Waals surface area contributed by atoms with Gasteiger partial charge in [-0.3, -0.25) is 9.69 Å². The quantitative estimate of drug-likeness (QED) is 0.234. The number of benzene rings is 2. The SMILES string of the molecule is CO[C@H]1CN(C)C(=O)[C@@H]2C[C@@H](CN2c2nc3nc4c2cnn4-c2ccc(F)cc2OCCCCCCN2C[C@H]4C[C@@H](C2)N34)Nc2cccc(n2)-c2cc(F)cc3nc(C)n(c23)C1. The molecular formula is C45H50F2N12O3. The first-order valence-corrected chi connectivity index (χ1v) is 21.8. The zero-order valence-corrected chi connectivity index (χ0v) is 35.2. The van der Waals surface area contributed by atoms with Gasteiger partial charge in [-0.15, -0.1) is 0 Å². The van der Waals surface area contributed by atoms with Crippen molar-refractivity contribution >= 4 is 45.6 Å². The predicted molar refractivity (Wildman–Crippen MR) is 231 cm³/mol. The second-order valence-corrected chi connectivity index (χ2v) is 17.5. The number of nitrogens with one attached hydrogen (secondary N) is 1. The minimum atomic E-state index is -0.622. The number of likely N-dealkylation sites (N-methyl/N-ethyl adjacent to an activating group) is 1. The van der Waals surface area contributed by atoms with Gasteiger partial charge in [-0.25, -0.2) is 23.4 Å². The summed E-state index contributed by atoms with van der Waals surface area (Å²) >= 11 is 0. The first-order valence-electron chi connectivity index (χ1n) is 21.8. The Labute approximate surface area is 357 Å². The molecule has 2 aromatic carbocycles. The summed E-state index contributed by atoms with van der Waals surface area (Å²) in [7, 11) is 3.46. The number of anilines is 3. The molecule has 4 fully saturated rings. The number of piperazine rings is 1. The predicted octanol–water partition coefficient (Wildman–Crippen LogP) is 5.58. The Bertz CT molecular complexity index is 2690. The molecule has 0 aliphatic carbocycles. The second-order valence-electron chi connectivity index (χ2n) is 17.5. The summed E-state index contributed by atoms with van der Waals surface area (Å²) in [5.41, 5.74) is 3.64. The number of ether oxygens (including phenoxy) is 2. The van der Waals surface area contributed by atoms with Gasteiger partial charge in [-0.05, 0) is 69.5 Å². The van der Waals surface area contributed by atoms with E-state index < -0.39 is 23.8 Å². The fraction of sp³-hybridized carbons (Fsp3) is 0.467. The molecule has 6 atom stereocenters. The molecule has 4 aromatic heterocycles. The lowest BCUT2D eigenvalue weighted by atomic mass is 9.87. The number of carbonyl (C=O) groups excluding carboxylic acids is 1. The Morgan fingerprint density at radius 3 is 2.60 bits per heavy atom. The number of imidazole rings is 1. The van der Waals surface area contributed by atoms with Crippen LogP contribution >= 0.6 is 0 Å². The summed E-state index contributed by atoms with van der Waals surface area (Å²) in [6.07, 6.45) is 6.98. The van der Waals surface area contributed by atoms with Gasteiger partial charge in [0, 0.05) is 76.2 Å². The molecule has 62 heavy (non-hydrogen) atoms. The molecule has 7 aliphatic heterocycles. The van der Waals surface area contributed by atoms with Gasteiger partial charge < -0.3 is 34.1 Å². The average Bonchev–Trinajstić information content (AvgIpc) is 3.96. The van der Waals surface area contributed by atoms with Gasteiger partial charge in [0.1, 0.15) is 46.6 Å². The van der Waals surface area contributed by atoms with E-state index in [1.165, 1.54) is 24.3 Å². The molecule has 1 amide bonds. The molecule has 13 rings (SSSR count). The minimum Gasteiger partial charge on any atom is -0.491 e. The van der Waals surface area contributed by atoms with E-state index >= 15 is 4.39 Å². The number of nitrogens with zero attached hydrogens (tertiary/aromatic N) is 11. The maximum atomic E-state index is 15.2. The number of rotatable bonds is 2. The average molecular weight is 845 g/mol. The number of halogens is 2. The Morgan fingerprint density at radius 2 is 1.74 bits per heavy atom. The number of piperidine rings is 1. The van der Waals surface area contributed by atoms with E-state index in [0.717, 1.165) is 57.3 Å². The molecule has 10 bridgehead atoms. The molecule has 0 radical (unpaired) electrons. The van der Waals surface area contributed by atoms with E-state index in [9.17, 15) is 9.18 Å². The van der Waals surface area contributed by atoms with Gasteiger partial charge in [-0.2, -0.15) is 15.1 Å². The second kappa shape index (κ2) is 15.4. The van der Waals surface area contributed by atoms with Crippen molar-refractivity contribution in [1.29, 1.82) is 0 Å². The number of fused-ring (bicyclic) bond motifs is 11. The number of pyridine rings is 1. The van der Waals surface area contributed by atoms with Crippen molar-refractivity contribution in [2.75, 3.05) is 68.6 Å². The Hall–Kier alpha value is -5.94. The van der Waals surface area contributed by atoms with Gasteiger partial charge in [-0.1, -0.05) is 18.9 Å². The summed E-state index contributed by atoms with van der Waals surface area (Å²) in [5, 5.41) is 9.18. The number of hydrogen-bond donors (Lipinski definition) is 1. The van der Waals surface area contributed by atoms with E-state index in [1.54, 1.807) is 29.0 Å². The molecule has 1 unspecified atom stereocenters. The lowest BCUT2D eigenvalue weighted by Gasteiger charge is -2.56. The summed E-state index contributed by atoms with van der Waals surface area (Å²) in [6, 6.07) is 12.8. The maximum Gasteiger partial charge on any atom is 0.245 e. The summed E-state index contributed by atoms with van der Waals surface area (Å²) in [6.45, 7) is 6.37. The highest BCUT2D eigenvalue weighted by Gasteiger charge is 2.47. The summed E-state index contributed by atoms with van der Waals surface area (Å²) in [4.78, 5) is 44.1. The van der Waals surface area contributed by atoms with Gasteiger partial charge in [0.05, 0.1) is 47.6 Å². The van der Waals surface area contributed by atoms with E-state index in [4.69, 9.17) is 34.5 Å². The van der Waals surface area contributed by atoms with Crippen LogP contribution in [0.3, 0.4) is 0 Å². The van der Waals surface area contributed by atoms with Crippen molar-refractivity contribution in [3.05, 3.63) is 72.2 Å². The lowest BCUT2D eigenvalue weighted by molar-refractivity contribution is -0.132. The molecule has 1 N–H and O–H groups in total. The zero-order chi connectivity index (χ0) is 42.2. The van der Waals surface area contributed by atoms with Crippen molar-refractivity contribution in [3.8, 4) is 22.7 Å². The molecule has 4 saturated heterocycles. The van der Waals surface area contributed by atoms with Crippen LogP contribution in [0.25, 0.3) is 39.0 Å². The van der Waals surface area contributed by atoms with Crippen LogP contribution in [0.4, 0.5) is 26.4 Å². The van der Waals surface area contributed by atoms with Crippen LogP contribution in [0.1, 0.15) is 44.3 Å². The topological polar surface area (TPSA) is 135 Å². The minimum absolute atomic E-state index is 0.0835. The molecule has 7 aliphatic rings. The number of aryl methyl sites for hydroxylation is 1. The number of carbonyl (C=O) groups is 1. The number of amides is 1. The standard InChI is InChI=1S/C45H50F2N12O3/c1-26-49-36-16-28(47)15-33-35-9-8-10-40(51-35)50-29-18-38(44(60)54(2)24-32(61-3)25-56(26)41(33)36)57(21-29)42-34-20-48-59-37-12-11-27(46)17-39(37)62-14-7-5-4-6-13-55-22-30-19-31(23-55)58(30)45(52-42)53-43(34)59/h8-12,15-17,20,29-32,38H,4-7,13-14,18-19,21-25H2,1-3H3,(H,50,51)/t29-,30-,31+,32-,38-/m0/s1. The van der Waals surface area contributed by atoms with E-state index in [-0.39, 0.29) is 24.0 Å². The van der Waals surface area contributed by atoms with Crippen LogP contribution in [0.5, 0.6) is 5.75 Å². The van der Waals surface area contributed by atoms with Gasteiger partial charge in [0.15, 0.2) is 5.65 Å². The van der Waals surface area contributed by atoms with Crippen molar-refractivity contribution in [1.82, 2.24) is 44.1 Å². The van der Waals surface area contributed by atoms with Crippen molar-refractivity contribution in [3.63, 3.8) is 0 Å². The third-order valence-corrected chi connectivity index (χ3v) is 13.5. The van der Waals surface area contributed by atoms with Crippen LogP contribution in [0.2, 0.25) is 0 Å². The van der Waals surface area contributed by atoms with Crippen LogP contribution in [-0.4, -0.2) is 134 Å². The highest BCUT2D eigenvalue weighted by Crippen LogP contribution is 2.41. The van der Waals surface area contributed by atoms with Crippen LogP contribution in [0.15, 0.2) is 54.7 Å². The van der Waals surface area contributed by atoms with Crippen LogP contribution in [-0.2, 0) is 16.1 Å². The zero-order valence-electron chi connectivity index (χ0n) is 35.2. The van der Waals surface area contributed by atoms with Crippen LogP contribution in [0, 0.1) is 18.6 Å². The Morgan fingerprint density at radius 1 is 0.887 bits per heavy atom. The van der Waals surface area contributed by atoms with Crippen molar-refractivity contribution in [2.24, 2.45) is 0 Å². The monoisotopic (exact) mass is 844 g/mol. The lowest BCUT2D eigenvalue weighted by Crippen LogP contribution is -2.69. The van der Waals surface area contributed by atoms with Crippen LogP contribution < -0.4 is 19.9 Å². The number of methoxy groups -OCH3 is 1. The molecule has 0 spiro atoms. The smallest absolute Gasteiger partial charge is 0.245 e. The Balaban J connectivity index is 1.04. The third-order valence-electron chi connectivity index (χ3n) is 13.5. The summed E-state index contributed by atoms with van der Waals surface area (Å²) in [5.74, 6) is 2.01. The fourth-order valence-corrected chi connectivity index (χ4v) is 10.5. The van der Waals surface area contributed by atoms with E-state index in [2.05, 4.69) is 20.0 Å². The first kappa shape index (κ1) is 38.9. The Kier molecular flexibility index (Phi) is 9.70. The maximum absolute atomic E-state index is 15.2. The molecule has 17 heteroatoms. The van der Waals surface area contributed by atoms with Gasteiger partial charge in [0.2, 0.25) is 11.9 Å². The summed E-state index contributed by atoms with van der Waals surface area (Å²) < 4.78 is 46.1. The normalized spacial score (nSPS) is 25.2. The van der Waals surface area contributed by atoms with Gasteiger partial charge in [0.25, 0.3) is 0 Å². The largest absolute Gasteiger partial charge is 0.491 e. The molecule has 15 nitrogen and oxygen atoms in total. The molecule has 322 valence electrons. The molecule has 0 saturated carbocycles. The molecule has 6 aromatic rings. The molecular weight excluding hydrogens is 795 g/mol. The fourth-order valence-electron chi connectivity index (χ4n) is 10.5. The van der Waals surface area contributed by atoms with E-state index in [1.807, 2.05) is 36.7 Å². The first-order chi connectivity index (χ1) is 30.2. The number of aromatic nitrogens is 7. The van der Waals surface area contributed by atoms with Crippen molar-refractivity contribution in [2.45, 2.75) is 82.3 Å². The van der Waals surface area contributed by atoms with Gasteiger partial charge >= 0.3 is 0 Å².